The number of hydrogen-bond donors (Lipinski definition) is 1. The molecule has 0 amide bonds. The Morgan fingerprint density at radius 1 is 1.43 bits per heavy atom. The van der Waals surface area contributed by atoms with Crippen molar-refractivity contribution in [2.75, 3.05) is 12.0 Å². The van der Waals surface area contributed by atoms with Crippen LogP contribution in [0.4, 0.5) is 5.82 Å². The summed E-state index contributed by atoms with van der Waals surface area (Å²) in [7, 11) is -3.21. The monoisotopic (exact) mass is 212 g/mol. The Balaban J connectivity index is 2.79. The standard InChI is InChI=1S/C8H8N2O3S/c1-14(11,12)5-2-3-7-6(4-5)8(9)10-13-7/h2-4H,1H3,(H2,9,10). The number of rotatable bonds is 1. The predicted octanol–water partition coefficient (Wildman–Crippen LogP) is 0.814. The molecule has 5 nitrogen and oxygen atoms in total. The highest BCUT2D eigenvalue weighted by atomic mass is 32.2. The van der Waals surface area contributed by atoms with Crippen molar-refractivity contribution in [1.82, 2.24) is 5.16 Å². The van der Waals surface area contributed by atoms with Crippen LogP contribution < -0.4 is 5.73 Å². The highest BCUT2D eigenvalue weighted by Crippen LogP contribution is 2.23. The fraction of sp³-hybridized carbons (Fsp3) is 0.125. The van der Waals surface area contributed by atoms with Gasteiger partial charge in [-0.2, -0.15) is 0 Å². The fourth-order valence-electron chi connectivity index (χ4n) is 1.17. The summed E-state index contributed by atoms with van der Waals surface area (Å²) in [6, 6.07) is 4.45. The van der Waals surface area contributed by atoms with Crippen molar-refractivity contribution in [2.24, 2.45) is 0 Å². The fourth-order valence-corrected chi connectivity index (χ4v) is 1.81. The van der Waals surface area contributed by atoms with E-state index in [9.17, 15) is 8.42 Å². The third kappa shape index (κ3) is 1.33. The number of sulfone groups is 1. The first kappa shape index (κ1) is 9.01. The molecule has 1 aromatic heterocycles. The van der Waals surface area contributed by atoms with E-state index in [-0.39, 0.29) is 10.7 Å². The highest BCUT2D eigenvalue weighted by molar-refractivity contribution is 7.90. The van der Waals surface area contributed by atoms with Crippen molar-refractivity contribution in [3.8, 4) is 0 Å². The normalized spacial score (nSPS) is 12.1. The molecular formula is C8H8N2O3S. The molecule has 0 spiro atoms. The maximum absolute atomic E-state index is 11.2. The van der Waals surface area contributed by atoms with Crippen LogP contribution in [0.3, 0.4) is 0 Å². The van der Waals surface area contributed by atoms with Crippen LogP contribution in [0, 0.1) is 0 Å². The summed E-state index contributed by atoms with van der Waals surface area (Å²) in [5, 5.41) is 4.05. The molecule has 2 N–H and O–H groups in total. The Bertz CT molecular complexity index is 586. The summed E-state index contributed by atoms with van der Waals surface area (Å²) in [6.07, 6.45) is 1.14. The first-order valence-corrected chi connectivity index (χ1v) is 5.72. The van der Waals surface area contributed by atoms with E-state index in [4.69, 9.17) is 10.3 Å². The van der Waals surface area contributed by atoms with Crippen molar-refractivity contribution in [2.45, 2.75) is 4.90 Å². The van der Waals surface area contributed by atoms with Crippen LogP contribution >= 0.6 is 0 Å². The molecule has 0 saturated heterocycles. The molecule has 2 rings (SSSR count). The summed E-state index contributed by atoms with van der Waals surface area (Å²) in [4.78, 5) is 0.208. The van der Waals surface area contributed by atoms with Crippen molar-refractivity contribution in [3.05, 3.63) is 18.2 Å². The largest absolute Gasteiger partial charge is 0.380 e. The quantitative estimate of drug-likeness (QED) is 0.756. The van der Waals surface area contributed by atoms with E-state index in [1.54, 1.807) is 0 Å². The lowest BCUT2D eigenvalue weighted by Gasteiger charge is -1.96. The summed E-state index contributed by atoms with van der Waals surface area (Å²) >= 11 is 0. The SMILES string of the molecule is CS(=O)(=O)c1ccc2onc(N)c2c1. The van der Waals surface area contributed by atoms with E-state index in [2.05, 4.69) is 5.16 Å². The van der Waals surface area contributed by atoms with Crippen LogP contribution in [0.1, 0.15) is 0 Å². The Hall–Kier alpha value is -1.56. The smallest absolute Gasteiger partial charge is 0.175 e. The summed E-state index contributed by atoms with van der Waals surface area (Å²) < 4.78 is 27.3. The molecule has 0 aliphatic rings. The first-order valence-electron chi connectivity index (χ1n) is 3.83. The van der Waals surface area contributed by atoms with Gasteiger partial charge in [0.15, 0.2) is 21.2 Å². The van der Waals surface area contributed by atoms with Crippen LogP contribution in [0.2, 0.25) is 0 Å². The van der Waals surface area contributed by atoms with Gasteiger partial charge in [0.25, 0.3) is 0 Å². The lowest BCUT2D eigenvalue weighted by atomic mass is 10.2. The van der Waals surface area contributed by atoms with E-state index < -0.39 is 9.84 Å². The summed E-state index contributed by atoms with van der Waals surface area (Å²) in [5.74, 6) is 0.200. The first-order chi connectivity index (χ1) is 6.48. The maximum Gasteiger partial charge on any atom is 0.175 e. The number of benzene rings is 1. The van der Waals surface area contributed by atoms with E-state index in [0.29, 0.717) is 11.0 Å². The third-order valence-electron chi connectivity index (χ3n) is 1.90. The van der Waals surface area contributed by atoms with Crippen molar-refractivity contribution >= 4 is 26.6 Å². The van der Waals surface area contributed by atoms with E-state index in [1.807, 2.05) is 0 Å². The average molecular weight is 212 g/mol. The second kappa shape index (κ2) is 2.71. The van der Waals surface area contributed by atoms with Crippen molar-refractivity contribution in [1.29, 1.82) is 0 Å². The van der Waals surface area contributed by atoms with Gasteiger partial charge in [0, 0.05) is 6.26 Å². The lowest BCUT2D eigenvalue weighted by Crippen LogP contribution is -1.96. The topological polar surface area (TPSA) is 86.2 Å². The minimum atomic E-state index is -3.21. The molecule has 0 bridgehead atoms. The van der Waals surface area contributed by atoms with E-state index >= 15 is 0 Å². The minimum Gasteiger partial charge on any atom is -0.380 e. The van der Waals surface area contributed by atoms with Gasteiger partial charge in [-0.25, -0.2) is 8.42 Å². The van der Waals surface area contributed by atoms with Gasteiger partial charge in [-0.05, 0) is 18.2 Å². The number of aromatic nitrogens is 1. The molecule has 1 heterocycles. The van der Waals surface area contributed by atoms with Crippen LogP contribution in [-0.4, -0.2) is 19.8 Å². The molecule has 0 saturated carbocycles. The highest BCUT2D eigenvalue weighted by Gasteiger charge is 2.11. The lowest BCUT2D eigenvalue weighted by molar-refractivity contribution is 0.460. The van der Waals surface area contributed by atoms with Crippen LogP contribution in [0.15, 0.2) is 27.6 Å². The van der Waals surface area contributed by atoms with E-state index in [0.717, 1.165) is 6.26 Å². The summed E-state index contributed by atoms with van der Waals surface area (Å²) in [5.41, 5.74) is 5.97. The molecular weight excluding hydrogens is 204 g/mol. The van der Waals surface area contributed by atoms with Crippen LogP contribution in [0.5, 0.6) is 0 Å². The molecule has 74 valence electrons. The second-order valence-electron chi connectivity index (χ2n) is 3.00. The molecule has 0 fully saturated rings. The Kier molecular flexibility index (Phi) is 1.75. The average Bonchev–Trinajstić information content (AvgIpc) is 2.46. The number of fused-ring (bicyclic) bond motifs is 1. The van der Waals surface area contributed by atoms with E-state index in [1.165, 1.54) is 18.2 Å². The van der Waals surface area contributed by atoms with Crippen LogP contribution in [0.25, 0.3) is 11.0 Å². The predicted molar refractivity (Wildman–Crippen MR) is 51.5 cm³/mol. The molecule has 6 heteroatoms. The molecule has 1 aromatic carbocycles. The number of hydrogen-bond acceptors (Lipinski definition) is 5. The van der Waals surface area contributed by atoms with Gasteiger partial charge in [0.2, 0.25) is 0 Å². The molecule has 0 aliphatic heterocycles. The van der Waals surface area contributed by atoms with Gasteiger partial charge < -0.3 is 10.3 Å². The number of nitrogen functional groups attached to an aromatic ring is 1. The molecule has 14 heavy (non-hydrogen) atoms. The zero-order valence-electron chi connectivity index (χ0n) is 7.39. The van der Waals surface area contributed by atoms with Crippen LogP contribution in [-0.2, 0) is 9.84 Å². The van der Waals surface area contributed by atoms with Gasteiger partial charge in [0.1, 0.15) is 0 Å². The maximum atomic E-state index is 11.2. The zero-order valence-corrected chi connectivity index (χ0v) is 8.21. The number of anilines is 1. The van der Waals surface area contributed by atoms with Crippen molar-refractivity contribution < 1.29 is 12.9 Å². The van der Waals surface area contributed by atoms with Gasteiger partial charge in [-0.3, -0.25) is 0 Å². The van der Waals surface area contributed by atoms with Gasteiger partial charge in [-0.1, -0.05) is 5.16 Å². The van der Waals surface area contributed by atoms with Gasteiger partial charge in [0.05, 0.1) is 10.3 Å². The summed E-state index contributed by atoms with van der Waals surface area (Å²) in [6.45, 7) is 0. The molecule has 2 aromatic rings. The van der Waals surface area contributed by atoms with Crippen molar-refractivity contribution in [3.63, 3.8) is 0 Å². The molecule has 0 radical (unpaired) electrons. The zero-order chi connectivity index (χ0) is 10.3. The van der Waals surface area contributed by atoms with Gasteiger partial charge in [-0.15, -0.1) is 0 Å². The van der Waals surface area contributed by atoms with Gasteiger partial charge >= 0.3 is 0 Å². The number of nitrogens with two attached hydrogens (primary N) is 1. The minimum absolute atomic E-state index is 0.200. The Morgan fingerprint density at radius 3 is 2.79 bits per heavy atom. The molecule has 0 unspecified atom stereocenters. The third-order valence-corrected chi connectivity index (χ3v) is 3.01. The molecule has 0 aliphatic carbocycles. The number of nitrogens with zero attached hydrogens (tertiary/aromatic N) is 1. The Morgan fingerprint density at radius 2 is 2.14 bits per heavy atom. The Labute approximate surface area is 80.4 Å². The molecule has 0 atom stereocenters. The second-order valence-corrected chi connectivity index (χ2v) is 5.01.